The number of rotatable bonds is 4. The van der Waals surface area contributed by atoms with E-state index in [-0.39, 0.29) is 11.8 Å². The van der Waals surface area contributed by atoms with Crippen molar-refractivity contribution in [3.8, 4) is 0 Å². The first-order valence-electron chi connectivity index (χ1n) is 9.45. The van der Waals surface area contributed by atoms with Crippen molar-refractivity contribution in [1.82, 2.24) is 5.32 Å². The number of hydrogen-bond donors (Lipinski definition) is 1. The lowest BCUT2D eigenvalue weighted by Gasteiger charge is -2.32. The highest BCUT2D eigenvalue weighted by molar-refractivity contribution is 7.13. The molecule has 0 saturated carbocycles. The van der Waals surface area contributed by atoms with E-state index in [1.807, 2.05) is 66.4 Å². The van der Waals surface area contributed by atoms with Crippen molar-refractivity contribution in [1.29, 1.82) is 0 Å². The van der Waals surface area contributed by atoms with Crippen LogP contribution in [-0.4, -0.2) is 18.4 Å². The molecule has 5 heteroatoms. The molecule has 0 fully saturated rings. The second-order valence-electron chi connectivity index (χ2n) is 6.95. The molecule has 1 aromatic heterocycles. The Labute approximate surface area is 168 Å². The summed E-state index contributed by atoms with van der Waals surface area (Å²) in [5, 5.41) is 2.97. The highest BCUT2D eigenvalue weighted by atomic mass is 32.1. The van der Waals surface area contributed by atoms with E-state index >= 15 is 0 Å². The first-order chi connectivity index (χ1) is 13.6. The molecule has 4 nitrogen and oxygen atoms in total. The highest BCUT2D eigenvalue weighted by Crippen LogP contribution is 2.30. The van der Waals surface area contributed by atoms with Crippen LogP contribution in [0.4, 0.5) is 5.69 Å². The third-order valence-corrected chi connectivity index (χ3v) is 6.00. The summed E-state index contributed by atoms with van der Waals surface area (Å²) < 4.78 is 0. The first kappa shape index (κ1) is 18.4. The quantitative estimate of drug-likeness (QED) is 0.713. The molecule has 2 amide bonds. The number of nitrogens with one attached hydrogen (secondary N) is 1. The molecule has 2 heterocycles. The van der Waals surface area contributed by atoms with Gasteiger partial charge in [0.1, 0.15) is 6.04 Å². The van der Waals surface area contributed by atoms with Gasteiger partial charge in [0.05, 0.1) is 4.88 Å². The Morgan fingerprint density at radius 3 is 2.50 bits per heavy atom. The number of benzene rings is 2. The maximum absolute atomic E-state index is 13.5. The fourth-order valence-electron chi connectivity index (χ4n) is 3.61. The molecule has 0 saturated heterocycles. The molecule has 142 valence electrons. The van der Waals surface area contributed by atoms with Gasteiger partial charge >= 0.3 is 0 Å². The van der Waals surface area contributed by atoms with Crippen molar-refractivity contribution in [2.75, 3.05) is 11.4 Å². The van der Waals surface area contributed by atoms with Crippen molar-refractivity contribution in [3.63, 3.8) is 0 Å². The van der Waals surface area contributed by atoms with Gasteiger partial charge in [0.15, 0.2) is 0 Å². The predicted octanol–water partition coefficient (Wildman–Crippen LogP) is 4.51. The summed E-state index contributed by atoms with van der Waals surface area (Å²) >= 11 is 1.43. The predicted molar refractivity (Wildman–Crippen MR) is 113 cm³/mol. The van der Waals surface area contributed by atoms with Crippen LogP contribution in [0.1, 0.15) is 38.1 Å². The summed E-state index contributed by atoms with van der Waals surface area (Å²) in [4.78, 5) is 29.9. The van der Waals surface area contributed by atoms with Crippen LogP contribution in [0.3, 0.4) is 0 Å². The van der Waals surface area contributed by atoms with Crippen molar-refractivity contribution in [3.05, 3.63) is 87.6 Å². The molecule has 1 unspecified atom stereocenters. The summed E-state index contributed by atoms with van der Waals surface area (Å²) in [5.41, 5.74) is 2.91. The zero-order valence-corrected chi connectivity index (χ0v) is 16.5. The second-order valence-corrected chi connectivity index (χ2v) is 8.24. The Balaban J connectivity index is 1.66. The zero-order chi connectivity index (χ0) is 19.5. The summed E-state index contributed by atoms with van der Waals surface area (Å²) in [6.45, 7) is 2.62. The summed E-state index contributed by atoms with van der Waals surface area (Å²) in [5.74, 6) is -0.314. The maximum Gasteiger partial charge on any atom is 0.262 e. The number of carbonyl (C=O) groups is 2. The van der Waals surface area contributed by atoms with Crippen LogP contribution in [0.15, 0.2) is 66.7 Å². The number of carbonyl (C=O) groups excluding carboxylic acids is 2. The number of fused-ring (bicyclic) bond motifs is 1. The normalized spacial score (nSPS) is 14.2. The molecule has 4 rings (SSSR count). The summed E-state index contributed by atoms with van der Waals surface area (Å²) in [7, 11) is 0. The van der Waals surface area contributed by atoms with Gasteiger partial charge < -0.3 is 10.2 Å². The average Bonchev–Trinajstić information content (AvgIpc) is 3.18. The number of amides is 2. The minimum atomic E-state index is -0.720. The molecule has 1 N–H and O–H groups in total. The van der Waals surface area contributed by atoms with Crippen LogP contribution < -0.4 is 10.2 Å². The van der Waals surface area contributed by atoms with E-state index in [1.165, 1.54) is 16.9 Å². The zero-order valence-electron chi connectivity index (χ0n) is 15.7. The van der Waals surface area contributed by atoms with Gasteiger partial charge in [0.2, 0.25) is 0 Å². The van der Waals surface area contributed by atoms with Crippen LogP contribution >= 0.6 is 11.3 Å². The maximum atomic E-state index is 13.5. The molecule has 1 aliphatic rings. The minimum absolute atomic E-state index is 0.0972. The molecule has 0 spiro atoms. The van der Waals surface area contributed by atoms with Gasteiger partial charge in [-0.3, -0.25) is 9.59 Å². The largest absolute Gasteiger partial charge is 0.336 e. The van der Waals surface area contributed by atoms with Crippen LogP contribution in [0.5, 0.6) is 0 Å². The third kappa shape index (κ3) is 3.71. The number of para-hydroxylation sites is 1. The molecule has 28 heavy (non-hydrogen) atoms. The van der Waals surface area contributed by atoms with Gasteiger partial charge in [-0.25, -0.2) is 0 Å². The Morgan fingerprint density at radius 1 is 1.00 bits per heavy atom. The molecule has 0 bridgehead atoms. The van der Waals surface area contributed by atoms with E-state index in [4.69, 9.17) is 0 Å². The number of thiophene rings is 1. The molecule has 1 aliphatic heterocycles. The SMILES string of the molecule is Cc1ccc(C(=O)NC(C(=O)N2CCCc3ccccc32)c2ccccc2)s1. The lowest BCUT2D eigenvalue weighted by atomic mass is 9.99. The number of anilines is 1. The lowest BCUT2D eigenvalue weighted by molar-refractivity contribution is -0.120. The van der Waals surface area contributed by atoms with Gasteiger partial charge in [0.25, 0.3) is 11.8 Å². The molecule has 0 aliphatic carbocycles. The first-order valence-corrected chi connectivity index (χ1v) is 10.3. The Kier molecular flexibility index (Phi) is 5.26. The van der Waals surface area contributed by atoms with Gasteiger partial charge in [-0.2, -0.15) is 0 Å². The van der Waals surface area contributed by atoms with Crippen molar-refractivity contribution < 1.29 is 9.59 Å². The monoisotopic (exact) mass is 390 g/mol. The number of nitrogens with zero attached hydrogens (tertiary/aromatic N) is 1. The molecule has 1 atom stereocenters. The standard InChI is InChI=1S/C23H22N2O2S/c1-16-13-14-20(28-16)22(26)24-21(18-9-3-2-4-10-18)23(27)25-15-7-11-17-8-5-6-12-19(17)25/h2-6,8-10,12-14,21H,7,11,15H2,1H3,(H,24,26). The summed E-state index contributed by atoms with van der Waals surface area (Å²) in [6, 6.07) is 20.5. The second kappa shape index (κ2) is 7.98. The number of hydrogen-bond acceptors (Lipinski definition) is 3. The van der Waals surface area contributed by atoms with Crippen LogP contribution in [0.2, 0.25) is 0 Å². The molecular weight excluding hydrogens is 368 g/mol. The lowest BCUT2D eigenvalue weighted by Crippen LogP contribution is -2.45. The van der Waals surface area contributed by atoms with Gasteiger partial charge in [-0.15, -0.1) is 11.3 Å². The van der Waals surface area contributed by atoms with Gasteiger partial charge in [-0.05, 0) is 49.1 Å². The smallest absolute Gasteiger partial charge is 0.262 e. The Hall–Kier alpha value is -2.92. The van der Waals surface area contributed by atoms with E-state index in [0.717, 1.165) is 29.0 Å². The van der Waals surface area contributed by atoms with Crippen molar-refractivity contribution in [2.45, 2.75) is 25.8 Å². The fraction of sp³-hybridized carbons (Fsp3) is 0.217. The highest BCUT2D eigenvalue weighted by Gasteiger charge is 2.31. The minimum Gasteiger partial charge on any atom is -0.336 e. The topological polar surface area (TPSA) is 49.4 Å². The molecular formula is C23H22N2O2S. The third-order valence-electron chi connectivity index (χ3n) is 5.00. The van der Waals surface area contributed by atoms with Crippen LogP contribution in [-0.2, 0) is 11.2 Å². The van der Waals surface area contributed by atoms with E-state index in [1.54, 1.807) is 6.07 Å². The molecule has 0 radical (unpaired) electrons. The van der Waals surface area contributed by atoms with Crippen molar-refractivity contribution in [2.24, 2.45) is 0 Å². The molecule has 2 aromatic carbocycles. The van der Waals surface area contributed by atoms with Gasteiger partial charge in [-0.1, -0.05) is 48.5 Å². The average molecular weight is 391 g/mol. The van der Waals surface area contributed by atoms with E-state index in [0.29, 0.717) is 11.4 Å². The van der Waals surface area contributed by atoms with Crippen LogP contribution in [0.25, 0.3) is 0 Å². The number of aryl methyl sites for hydroxylation is 2. The van der Waals surface area contributed by atoms with Crippen molar-refractivity contribution >= 4 is 28.8 Å². The fourth-order valence-corrected chi connectivity index (χ4v) is 4.38. The van der Waals surface area contributed by atoms with E-state index in [2.05, 4.69) is 11.4 Å². The van der Waals surface area contributed by atoms with E-state index in [9.17, 15) is 9.59 Å². The Bertz CT molecular complexity index is 997. The molecule has 3 aromatic rings. The van der Waals surface area contributed by atoms with Gasteiger partial charge in [0, 0.05) is 17.1 Å². The summed E-state index contributed by atoms with van der Waals surface area (Å²) in [6.07, 6.45) is 1.89. The van der Waals surface area contributed by atoms with E-state index < -0.39 is 6.04 Å². The van der Waals surface area contributed by atoms with Crippen LogP contribution in [0, 0.1) is 6.92 Å². The Morgan fingerprint density at radius 2 is 1.75 bits per heavy atom.